The van der Waals surface area contributed by atoms with Crippen LogP contribution in [-0.4, -0.2) is 30.1 Å². The Morgan fingerprint density at radius 1 is 1.56 bits per heavy atom. The van der Waals surface area contributed by atoms with Gasteiger partial charge >= 0.3 is 0 Å². The molecule has 1 aliphatic carbocycles. The summed E-state index contributed by atoms with van der Waals surface area (Å²) >= 11 is 5.77. The highest BCUT2D eigenvalue weighted by Gasteiger charge is 2.26. The Bertz CT molecular complexity index is 433. The Kier molecular flexibility index (Phi) is 4.04. The van der Waals surface area contributed by atoms with Crippen molar-refractivity contribution in [1.29, 1.82) is 0 Å². The molecule has 0 aromatic carbocycles. The molecule has 1 amide bonds. The number of nitrogens with two attached hydrogens (primary N) is 1. The lowest BCUT2D eigenvalue weighted by molar-refractivity contribution is 0.0915. The molecule has 5 nitrogen and oxygen atoms in total. The molecule has 0 spiro atoms. The van der Waals surface area contributed by atoms with Gasteiger partial charge in [-0.1, -0.05) is 11.6 Å². The maximum absolute atomic E-state index is 12.0. The number of carbonyl (C=O) groups is 1. The molecule has 1 aromatic rings. The minimum Gasteiger partial charge on any atom is -0.384 e. The lowest BCUT2D eigenvalue weighted by Crippen LogP contribution is -2.33. The van der Waals surface area contributed by atoms with Crippen LogP contribution in [0.2, 0.25) is 5.15 Å². The van der Waals surface area contributed by atoms with Crippen molar-refractivity contribution in [2.75, 3.05) is 12.8 Å². The average molecular weight is 270 g/mol. The number of carbonyl (C=O) groups excluding carboxylic acids is 1. The zero-order valence-corrected chi connectivity index (χ0v) is 10.9. The van der Waals surface area contributed by atoms with Gasteiger partial charge in [0.25, 0.3) is 5.91 Å². The van der Waals surface area contributed by atoms with Crippen molar-refractivity contribution in [2.45, 2.75) is 31.4 Å². The van der Waals surface area contributed by atoms with Crippen LogP contribution < -0.4 is 11.1 Å². The summed E-state index contributed by atoms with van der Waals surface area (Å²) in [5.41, 5.74) is 5.99. The Balaban J connectivity index is 1.99. The fourth-order valence-electron chi connectivity index (χ4n) is 2.20. The number of ether oxygens (including phenoxy) is 1. The SMILES string of the molecule is COC1CCC(NC(=O)c2cc(N)nc(Cl)c2)C1. The van der Waals surface area contributed by atoms with Crippen LogP contribution >= 0.6 is 11.6 Å². The molecule has 1 aromatic heterocycles. The molecule has 3 N–H and O–H groups in total. The van der Waals surface area contributed by atoms with Crippen molar-refractivity contribution in [1.82, 2.24) is 10.3 Å². The van der Waals surface area contributed by atoms with Gasteiger partial charge in [0.1, 0.15) is 11.0 Å². The average Bonchev–Trinajstić information content (AvgIpc) is 2.75. The lowest BCUT2D eigenvalue weighted by Gasteiger charge is -2.13. The van der Waals surface area contributed by atoms with Crippen molar-refractivity contribution in [3.8, 4) is 0 Å². The van der Waals surface area contributed by atoms with Gasteiger partial charge in [0, 0.05) is 18.7 Å². The van der Waals surface area contributed by atoms with E-state index in [1.165, 1.54) is 12.1 Å². The zero-order chi connectivity index (χ0) is 13.1. The van der Waals surface area contributed by atoms with Gasteiger partial charge in [-0.15, -0.1) is 0 Å². The van der Waals surface area contributed by atoms with E-state index in [9.17, 15) is 4.79 Å². The summed E-state index contributed by atoms with van der Waals surface area (Å²) in [7, 11) is 1.69. The van der Waals surface area contributed by atoms with E-state index in [0.717, 1.165) is 19.3 Å². The maximum atomic E-state index is 12.0. The summed E-state index contributed by atoms with van der Waals surface area (Å²) in [6, 6.07) is 3.18. The van der Waals surface area contributed by atoms with Gasteiger partial charge in [-0.25, -0.2) is 4.98 Å². The van der Waals surface area contributed by atoms with Crippen molar-refractivity contribution in [3.63, 3.8) is 0 Å². The first kappa shape index (κ1) is 13.1. The number of anilines is 1. The number of halogens is 1. The molecule has 6 heteroatoms. The predicted octanol–water partition coefficient (Wildman–Crippen LogP) is 1.61. The summed E-state index contributed by atoms with van der Waals surface area (Å²) in [5.74, 6) is 0.0709. The Morgan fingerprint density at radius 3 is 2.94 bits per heavy atom. The normalized spacial score (nSPS) is 23.0. The minimum absolute atomic E-state index is 0.149. The van der Waals surface area contributed by atoms with E-state index in [1.807, 2.05) is 0 Å². The number of nitrogens with one attached hydrogen (secondary N) is 1. The predicted molar refractivity (Wildman–Crippen MR) is 69.6 cm³/mol. The molecule has 1 saturated carbocycles. The molecule has 0 radical (unpaired) electrons. The van der Waals surface area contributed by atoms with E-state index in [2.05, 4.69) is 10.3 Å². The quantitative estimate of drug-likeness (QED) is 0.818. The van der Waals surface area contributed by atoms with Gasteiger partial charge in [0.2, 0.25) is 0 Å². The van der Waals surface area contributed by atoms with Crippen LogP contribution in [0.1, 0.15) is 29.6 Å². The first-order chi connectivity index (χ1) is 8.58. The topological polar surface area (TPSA) is 77.2 Å². The molecule has 1 heterocycles. The molecule has 0 bridgehead atoms. The smallest absolute Gasteiger partial charge is 0.251 e. The van der Waals surface area contributed by atoms with E-state index in [4.69, 9.17) is 22.1 Å². The van der Waals surface area contributed by atoms with Gasteiger partial charge in [0.15, 0.2) is 0 Å². The van der Waals surface area contributed by atoms with Crippen molar-refractivity contribution >= 4 is 23.3 Å². The third-order valence-electron chi connectivity index (χ3n) is 3.13. The number of rotatable bonds is 3. The number of nitrogen functional groups attached to an aromatic ring is 1. The van der Waals surface area contributed by atoms with Crippen LogP contribution in [0.5, 0.6) is 0 Å². The standard InChI is InChI=1S/C12H16ClN3O2/c1-18-9-3-2-8(6-9)15-12(17)7-4-10(13)16-11(14)5-7/h4-5,8-9H,2-3,6H2,1H3,(H2,14,16)(H,15,17). The van der Waals surface area contributed by atoms with Crippen LogP contribution in [0.3, 0.4) is 0 Å². The second-order valence-electron chi connectivity index (χ2n) is 4.44. The number of hydrogen-bond acceptors (Lipinski definition) is 4. The molecule has 1 aliphatic rings. The summed E-state index contributed by atoms with van der Waals surface area (Å²) < 4.78 is 5.26. The highest BCUT2D eigenvalue weighted by molar-refractivity contribution is 6.29. The minimum atomic E-state index is -0.173. The Morgan fingerprint density at radius 2 is 2.33 bits per heavy atom. The van der Waals surface area contributed by atoms with Crippen molar-refractivity contribution in [2.24, 2.45) is 0 Å². The number of nitrogens with zero attached hydrogens (tertiary/aromatic N) is 1. The van der Waals surface area contributed by atoms with Gasteiger partial charge in [-0.05, 0) is 31.4 Å². The fourth-order valence-corrected chi connectivity index (χ4v) is 2.42. The number of hydrogen-bond donors (Lipinski definition) is 2. The van der Waals surface area contributed by atoms with Gasteiger partial charge in [-0.3, -0.25) is 4.79 Å². The molecule has 2 unspecified atom stereocenters. The highest BCUT2D eigenvalue weighted by atomic mass is 35.5. The molecular weight excluding hydrogens is 254 g/mol. The summed E-state index contributed by atoms with van der Waals surface area (Å²) in [5, 5.41) is 3.18. The van der Waals surface area contributed by atoms with Gasteiger partial charge in [0.05, 0.1) is 6.10 Å². The molecule has 2 rings (SSSR count). The highest BCUT2D eigenvalue weighted by Crippen LogP contribution is 2.22. The monoisotopic (exact) mass is 269 g/mol. The van der Waals surface area contributed by atoms with E-state index in [-0.39, 0.29) is 29.0 Å². The number of methoxy groups -OCH3 is 1. The number of amides is 1. The molecule has 18 heavy (non-hydrogen) atoms. The van der Waals surface area contributed by atoms with Crippen LogP contribution in [0.4, 0.5) is 5.82 Å². The Labute approximate surface area is 111 Å². The number of pyridine rings is 1. The van der Waals surface area contributed by atoms with E-state index in [0.29, 0.717) is 5.56 Å². The fraction of sp³-hybridized carbons (Fsp3) is 0.500. The van der Waals surface area contributed by atoms with Crippen LogP contribution in [0.15, 0.2) is 12.1 Å². The summed E-state index contributed by atoms with van der Waals surface area (Å²) in [6.07, 6.45) is 2.98. The lowest BCUT2D eigenvalue weighted by atomic mass is 10.2. The van der Waals surface area contributed by atoms with Crippen LogP contribution in [0.25, 0.3) is 0 Å². The van der Waals surface area contributed by atoms with Crippen LogP contribution in [-0.2, 0) is 4.74 Å². The van der Waals surface area contributed by atoms with Crippen molar-refractivity contribution < 1.29 is 9.53 Å². The van der Waals surface area contributed by atoms with Crippen molar-refractivity contribution in [3.05, 3.63) is 22.8 Å². The van der Waals surface area contributed by atoms with Crippen LogP contribution in [0, 0.1) is 0 Å². The second-order valence-corrected chi connectivity index (χ2v) is 4.83. The molecule has 2 atom stereocenters. The summed E-state index contributed by atoms with van der Waals surface area (Å²) in [6.45, 7) is 0. The zero-order valence-electron chi connectivity index (χ0n) is 10.1. The van der Waals surface area contributed by atoms with Gasteiger partial charge in [-0.2, -0.15) is 0 Å². The first-order valence-corrected chi connectivity index (χ1v) is 6.23. The molecule has 1 fully saturated rings. The molecule has 0 saturated heterocycles. The third-order valence-corrected chi connectivity index (χ3v) is 3.32. The van der Waals surface area contributed by atoms with Gasteiger partial charge < -0.3 is 15.8 Å². The Hall–Kier alpha value is -1.33. The molecule has 0 aliphatic heterocycles. The van der Waals surface area contributed by atoms with E-state index < -0.39 is 0 Å². The molecule has 98 valence electrons. The first-order valence-electron chi connectivity index (χ1n) is 5.85. The maximum Gasteiger partial charge on any atom is 0.251 e. The summed E-state index contributed by atoms with van der Waals surface area (Å²) in [4.78, 5) is 15.8. The van der Waals surface area contributed by atoms with E-state index >= 15 is 0 Å². The third kappa shape index (κ3) is 3.11. The second kappa shape index (κ2) is 5.54. The number of aromatic nitrogens is 1. The molecular formula is C12H16ClN3O2. The van der Waals surface area contributed by atoms with E-state index in [1.54, 1.807) is 7.11 Å². The largest absolute Gasteiger partial charge is 0.384 e.